The molecule has 0 bridgehead atoms. The Morgan fingerprint density at radius 2 is 1.83 bits per heavy atom. The van der Waals surface area contributed by atoms with E-state index < -0.39 is 11.5 Å². The highest BCUT2D eigenvalue weighted by Gasteiger charge is 2.11. The monoisotopic (exact) mass is 405 g/mol. The summed E-state index contributed by atoms with van der Waals surface area (Å²) in [4.78, 5) is 40.3. The van der Waals surface area contributed by atoms with Crippen molar-refractivity contribution in [3.05, 3.63) is 96.7 Å². The molecule has 0 unspecified atom stereocenters. The number of rotatable bonds is 4. The summed E-state index contributed by atoms with van der Waals surface area (Å²) in [5, 5.41) is 4.24. The summed E-state index contributed by atoms with van der Waals surface area (Å²) in [6.45, 7) is 1.33. The highest BCUT2D eigenvalue weighted by molar-refractivity contribution is 7.15. The van der Waals surface area contributed by atoms with Gasteiger partial charge >= 0.3 is 5.97 Å². The van der Waals surface area contributed by atoms with Crippen LogP contribution < -0.4 is 20.4 Å². The van der Waals surface area contributed by atoms with Gasteiger partial charge in [0.1, 0.15) is 11.4 Å². The van der Waals surface area contributed by atoms with Crippen molar-refractivity contribution in [2.75, 3.05) is 0 Å². The first kappa shape index (κ1) is 18.7. The number of carbonyl (C=O) groups excluding carboxylic acids is 1. The predicted molar refractivity (Wildman–Crippen MR) is 109 cm³/mol. The smallest absolute Gasteiger partial charge is 0.308 e. The number of fused-ring (bicyclic) bond motifs is 1. The molecular weight excluding hydrogens is 390 g/mol. The molecule has 8 heteroatoms. The van der Waals surface area contributed by atoms with Gasteiger partial charge in [-0.15, -0.1) is 0 Å². The van der Waals surface area contributed by atoms with Crippen molar-refractivity contribution in [2.45, 2.75) is 13.3 Å². The molecule has 0 N–H and O–H groups in total. The maximum Gasteiger partial charge on any atom is 0.308 e. The lowest BCUT2D eigenvalue weighted by Crippen LogP contribution is -2.28. The fourth-order valence-corrected chi connectivity index (χ4v) is 3.69. The minimum absolute atomic E-state index is 0.223. The molecule has 0 aliphatic carbocycles. The lowest BCUT2D eigenvalue weighted by molar-refractivity contribution is -0.131. The molecule has 0 spiro atoms. The number of thiazole rings is 1. The molecular formula is C21H15N3O4S. The molecule has 144 valence electrons. The number of esters is 1. The minimum Gasteiger partial charge on any atom is -0.427 e. The van der Waals surface area contributed by atoms with Crippen LogP contribution in [-0.4, -0.2) is 20.6 Å². The largest absolute Gasteiger partial charge is 0.427 e. The number of benzene rings is 2. The van der Waals surface area contributed by atoms with Gasteiger partial charge < -0.3 is 4.74 Å². The van der Waals surface area contributed by atoms with Gasteiger partial charge in [0.2, 0.25) is 4.96 Å². The van der Waals surface area contributed by atoms with E-state index in [1.807, 2.05) is 30.3 Å². The van der Waals surface area contributed by atoms with Crippen molar-refractivity contribution in [3.8, 4) is 5.75 Å². The van der Waals surface area contributed by atoms with E-state index in [2.05, 4.69) is 10.1 Å². The first-order chi connectivity index (χ1) is 14.0. The van der Waals surface area contributed by atoms with Gasteiger partial charge in [-0.3, -0.25) is 14.4 Å². The second kappa shape index (κ2) is 7.76. The van der Waals surface area contributed by atoms with Crippen LogP contribution in [0.25, 0.3) is 11.0 Å². The SMILES string of the molecule is CC(=O)Oc1ccc(/C=c2\sc3nc(=O)c(Cc4ccccc4)nn3c2=O)cc1. The van der Waals surface area contributed by atoms with Crippen molar-refractivity contribution >= 4 is 28.3 Å². The van der Waals surface area contributed by atoms with Crippen molar-refractivity contribution in [1.82, 2.24) is 14.6 Å². The first-order valence-corrected chi connectivity index (χ1v) is 9.58. The fourth-order valence-electron chi connectivity index (χ4n) is 2.79. The van der Waals surface area contributed by atoms with E-state index in [0.717, 1.165) is 22.5 Å². The summed E-state index contributed by atoms with van der Waals surface area (Å²) in [5.74, 6) is 0.0222. The Bertz CT molecular complexity index is 1360. The Morgan fingerprint density at radius 3 is 2.52 bits per heavy atom. The third kappa shape index (κ3) is 4.12. The fraction of sp³-hybridized carbons (Fsp3) is 0.0952. The van der Waals surface area contributed by atoms with Crippen LogP contribution in [0.2, 0.25) is 0 Å². The summed E-state index contributed by atoms with van der Waals surface area (Å²) in [6, 6.07) is 16.2. The minimum atomic E-state index is -0.438. The molecule has 2 heterocycles. The Morgan fingerprint density at radius 1 is 1.10 bits per heavy atom. The average molecular weight is 405 g/mol. The van der Waals surface area contributed by atoms with Crippen molar-refractivity contribution in [3.63, 3.8) is 0 Å². The first-order valence-electron chi connectivity index (χ1n) is 8.76. The highest BCUT2D eigenvalue weighted by atomic mass is 32.1. The van der Waals surface area contributed by atoms with Crippen LogP contribution >= 0.6 is 11.3 Å². The van der Waals surface area contributed by atoms with E-state index in [9.17, 15) is 14.4 Å². The van der Waals surface area contributed by atoms with Gasteiger partial charge in [0.05, 0.1) is 4.53 Å². The Balaban J connectivity index is 1.72. The summed E-state index contributed by atoms with van der Waals surface area (Å²) in [5.41, 5.74) is 1.11. The maximum absolute atomic E-state index is 12.7. The van der Waals surface area contributed by atoms with Crippen LogP contribution in [0, 0.1) is 0 Å². The van der Waals surface area contributed by atoms with Crippen LogP contribution in [0.4, 0.5) is 0 Å². The van der Waals surface area contributed by atoms with Gasteiger partial charge in [0.25, 0.3) is 11.1 Å². The van der Waals surface area contributed by atoms with Crippen LogP contribution in [0.15, 0.2) is 64.2 Å². The van der Waals surface area contributed by atoms with E-state index in [1.54, 1.807) is 30.3 Å². The maximum atomic E-state index is 12.7. The second-order valence-electron chi connectivity index (χ2n) is 6.30. The van der Waals surface area contributed by atoms with Gasteiger partial charge in [-0.1, -0.05) is 53.8 Å². The molecule has 2 aromatic heterocycles. The Labute approximate surface area is 168 Å². The Hall–Kier alpha value is -3.65. The average Bonchev–Trinajstić information content (AvgIpc) is 2.99. The zero-order valence-corrected chi connectivity index (χ0v) is 16.2. The molecule has 0 atom stereocenters. The predicted octanol–water partition coefficient (Wildman–Crippen LogP) is 1.58. The lowest BCUT2D eigenvalue weighted by Gasteiger charge is -2.00. The van der Waals surface area contributed by atoms with Gasteiger partial charge in [-0.2, -0.15) is 14.6 Å². The van der Waals surface area contributed by atoms with E-state index in [1.165, 1.54) is 11.4 Å². The standard InChI is InChI=1S/C21H15N3O4S/c1-13(25)28-16-9-7-15(8-10-16)12-18-20(27)24-21(29-18)22-19(26)17(23-24)11-14-5-3-2-4-6-14/h2-10,12H,11H2,1H3/b18-12-. The van der Waals surface area contributed by atoms with Gasteiger partial charge in [0, 0.05) is 13.3 Å². The normalized spacial score (nSPS) is 11.7. The molecule has 0 radical (unpaired) electrons. The Kier molecular flexibility index (Phi) is 5.01. The van der Waals surface area contributed by atoms with E-state index in [4.69, 9.17) is 4.74 Å². The molecule has 29 heavy (non-hydrogen) atoms. The molecule has 2 aromatic carbocycles. The van der Waals surface area contributed by atoms with Crippen LogP contribution in [0.3, 0.4) is 0 Å². The van der Waals surface area contributed by atoms with Gasteiger partial charge in [0.15, 0.2) is 0 Å². The van der Waals surface area contributed by atoms with Gasteiger partial charge in [-0.05, 0) is 29.3 Å². The third-order valence-corrected chi connectivity index (χ3v) is 5.06. The van der Waals surface area contributed by atoms with Crippen molar-refractivity contribution in [2.24, 2.45) is 0 Å². The van der Waals surface area contributed by atoms with Crippen molar-refractivity contribution in [1.29, 1.82) is 0 Å². The quantitative estimate of drug-likeness (QED) is 0.378. The number of ether oxygens (including phenoxy) is 1. The number of aromatic nitrogens is 3. The summed E-state index contributed by atoms with van der Waals surface area (Å²) in [7, 11) is 0. The third-order valence-electron chi connectivity index (χ3n) is 4.10. The number of carbonyl (C=O) groups is 1. The molecule has 4 aromatic rings. The molecule has 0 amide bonds. The molecule has 4 rings (SSSR count). The zero-order valence-electron chi connectivity index (χ0n) is 15.4. The molecule has 7 nitrogen and oxygen atoms in total. The molecule has 0 fully saturated rings. The second-order valence-corrected chi connectivity index (χ2v) is 7.31. The van der Waals surface area contributed by atoms with E-state index in [0.29, 0.717) is 16.7 Å². The van der Waals surface area contributed by atoms with Crippen LogP contribution in [-0.2, 0) is 11.2 Å². The zero-order chi connectivity index (χ0) is 20.4. The highest BCUT2D eigenvalue weighted by Crippen LogP contribution is 2.13. The van der Waals surface area contributed by atoms with E-state index >= 15 is 0 Å². The summed E-state index contributed by atoms with van der Waals surface area (Å²) < 4.78 is 6.57. The number of hydrogen-bond acceptors (Lipinski definition) is 7. The van der Waals surface area contributed by atoms with Crippen LogP contribution in [0.1, 0.15) is 23.7 Å². The number of nitrogens with zero attached hydrogens (tertiary/aromatic N) is 3. The molecule has 0 aliphatic heterocycles. The molecule has 0 saturated heterocycles. The van der Waals surface area contributed by atoms with Crippen molar-refractivity contribution < 1.29 is 9.53 Å². The molecule has 0 saturated carbocycles. The number of hydrogen-bond donors (Lipinski definition) is 0. The van der Waals surface area contributed by atoms with Gasteiger partial charge in [-0.25, -0.2) is 0 Å². The lowest BCUT2D eigenvalue weighted by atomic mass is 10.1. The molecule has 0 aliphatic rings. The van der Waals surface area contributed by atoms with Crippen LogP contribution in [0.5, 0.6) is 5.75 Å². The van der Waals surface area contributed by atoms with E-state index in [-0.39, 0.29) is 16.2 Å². The summed E-state index contributed by atoms with van der Waals surface area (Å²) in [6.07, 6.45) is 1.99. The summed E-state index contributed by atoms with van der Waals surface area (Å²) >= 11 is 1.10. The topological polar surface area (TPSA) is 90.6 Å².